The first kappa shape index (κ1) is 69.8. The van der Waals surface area contributed by atoms with Crippen LogP contribution in [0.1, 0.15) is 271 Å². The van der Waals surface area contributed by atoms with Gasteiger partial charge in [0, 0.05) is 19.3 Å². The van der Waals surface area contributed by atoms with Crippen molar-refractivity contribution in [2.24, 2.45) is 0 Å². The third-order valence-corrected chi connectivity index (χ3v) is 12.7. The second kappa shape index (κ2) is 61.4. The molecule has 74 heavy (non-hydrogen) atoms. The average molecular weight is 1030 g/mol. The van der Waals surface area contributed by atoms with Crippen molar-refractivity contribution in [3.63, 3.8) is 0 Å². The summed E-state index contributed by atoms with van der Waals surface area (Å²) < 4.78 is 16.8. The Morgan fingerprint density at radius 2 is 0.527 bits per heavy atom. The van der Waals surface area contributed by atoms with Crippen molar-refractivity contribution in [3.8, 4) is 0 Å². The molecule has 0 N–H and O–H groups in total. The van der Waals surface area contributed by atoms with Gasteiger partial charge in [-0.05, 0) is 116 Å². The van der Waals surface area contributed by atoms with Crippen LogP contribution in [0.5, 0.6) is 0 Å². The van der Waals surface area contributed by atoms with Crippen molar-refractivity contribution in [2.45, 2.75) is 277 Å². The Hall–Kier alpha value is -4.19. The molecule has 0 rings (SSSR count). The number of ether oxygens (including phenoxy) is 3. The van der Waals surface area contributed by atoms with Gasteiger partial charge in [-0.1, -0.05) is 258 Å². The zero-order valence-corrected chi connectivity index (χ0v) is 48.1. The average Bonchev–Trinajstić information content (AvgIpc) is 3.40. The van der Waals surface area contributed by atoms with Crippen molar-refractivity contribution >= 4 is 17.9 Å². The zero-order valence-electron chi connectivity index (χ0n) is 48.1. The van der Waals surface area contributed by atoms with Gasteiger partial charge in [-0.2, -0.15) is 0 Å². The number of carbonyl (C=O) groups is 3. The molecule has 0 bridgehead atoms. The van der Waals surface area contributed by atoms with E-state index in [1.165, 1.54) is 83.5 Å². The lowest BCUT2D eigenvalue weighted by Gasteiger charge is -2.18. The number of rotatable bonds is 54. The zero-order chi connectivity index (χ0) is 53.6. The number of esters is 3. The molecule has 0 spiro atoms. The van der Waals surface area contributed by atoms with Crippen LogP contribution in [0.4, 0.5) is 0 Å². The van der Waals surface area contributed by atoms with Crippen molar-refractivity contribution in [2.75, 3.05) is 13.2 Å². The fraction of sp³-hybridized carbons (Fsp3) is 0.662. The van der Waals surface area contributed by atoms with E-state index in [0.717, 1.165) is 148 Å². The standard InChI is InChI=1S/C68H112O6/c1-4-7-10-13-16-19-22-25-27-28-29-30-31-32-33-34-35-36-37-38-39-40-42-43-46-49-52-55-58-61-67(70)73-64-65(63-72-66(69)60-57-54-51-48-45-24-21-18-15-12-9-6-3)74-68(71)62-59-56-53-50-47-44-41-26-23-20-17-14-11-8-5-2/h7,10,16-17,19-20,25-27,29-30,32-33,35-36,38-39,41-43,65H,4-6,8-9,11-15,18,21-24,28,31,34,37,40,44-64H2,1-3H3/b10-7-,19-16-,20-17-,27-25-,30-29-,33-32-,36-35-,39-38-,41-26-,43-42-. The summed E-state index contributed by atoms with van der Waals surface area (Å²) >= 11 is 0. The van der Waals surface area contributed by atoms with Gasteiger partial charge in [0.25, 0.3) is 0 Å². The number of unbranched alkanes of at least 4 members (excludes halogenated alkanes) is 23. The van der Waals surface area contributed by atoms with E-state index in [-0.39, 0.29) is 31.1 Å². The molecule has 6 nitrogen and oxygen atoms in total. The van der Waals surface area contributed by atoms with Crippen LogP contribution in [0.25, 0.3) is 0 Å². The lowest BCUT2D eigenvalue weighted by Crippen LogP contribution is -2.30. The maximum atomic E-state index is 12.9. The fourth-order valence-electron chi connectivity index (χ4n) is 8.13. The van der Waals surface area contributed by atoms with Crippen molar-refractivity contribution < 1.29 is 28.6 Å². The molecule has 0 heterocycles. The number of hydrogen-bond donors (Lipinski definition) is 0. The van der Waals surface area contributed by atoms with Gasteiger partial charge >= 0.3 is 17.9 Å². The Labute approximate surface area is 456 Å². The lowest BCUT2D eigenvalue weighted by molar-refractivity contribution is -0.167. The SMILES string of the molecule is CC/C=C\C/C=C\C/C=C\C/C=C\C/C=C\C/C=C\C/C=C\C/C=C\CCCCCCC(=O)OCC(COC(=O)CCCCCCCCCCCCCC)OC(=O)CCCCCCC/C=C\C/C=C\CCCCC. The van der Waals surface area contributed by atoms with Gasteiger partial charge < -0.3 is 14.2 Å². The van der Waals surface area contributed by atoms with Crippen molar-refractivity contribution in [1.82, 2.24) is 0 Å². The summed E-state index contributed by atoms with van der Waals surface area (Å²) in [5.41, 5.74) is 0. The molecule has 0 saturated heterocycles. The summed E-state index contributed by atoms with van der Waals surface area (Å²) in [4.78, 5) is 38.2. The molecule has 0 fully saturated rings. The molecule has 0 saturated carbocycles. The van der Waals surface area contributed by atoms with E-state index in [9.17, 15) is 14.4 Å². The van der Waals surface area contributed by atoms with Gasteiger partial charge in [-0.3, -0.25) is 14.4 Å². The van der Waals surface area contributed by atoms with Gasteiger partial charge in [-0.25, -0.2) is 0 Å². The molecule has 6 heteroatoms. The van der Waals surface area contributed by atoms with Crippen LogP contribution in [0, 0.1) is 0 Å². The molecule has 0 amide bonds. The number of carbonyl (C=O) groups excluding carboxylic acids is 3. The van der Waals surface area contributed by atoms with Crippen LogP contribution in [-0.4, -0.2) is 37.2 Å². The van der Waals surface area contributed by atoms with E-state index in [1.54, 1.807) is 0 Å². The Bertz CT molecular complexity index is 1550. The molecule has 0 aromatic heterocycles. The summed E-state index contributed by atoms with van der Waals surface area (Å²) in [6.45, 7) is 6.47. The minimum Gasteiger partial charge on any atom is -0.462 e. The largest absolute Gasteiger partial charge is 0.462 e. The summed E-state index contributed by atoms with van der Waals surface area (Å²) in [6.07, 6.45) is 84.8. The second-order valence-corrected chi connectivity index (χ2v) is 19.9. The smallest absolute Gasteiger partial charge is 0.306 e. The summed E-state index contributed by atoms with van der Waals surface area (Å²) in [5.74, 6) is -0.931. The normalized spacial score (nSPS) is 13.0. The molecular formula is C68H112O6. The highest BCUT2D eigenvalue weighted by Gasteiger charge is 2.19. The van der Waals surface area contributed by atoms with Crippen LogP contribution < -0.4 is 0 Å². The van der Waals surface area contributed by atoms with Crippen LogP contribution in [0.15, 0.2) is 122 Å². The summed E-state index contributed by atoms with van der Waals surface area (Å²) in [6, 6.07) is 0. The first-order valence-electron chi connectivity index (χ1n) is 30.5. The van der Waals surface area contributed by atoms with E-state index < -0.39 is 6.10 Å². The molecule has 0 aliphatic heterocycles. The predicted molar refractivity (Wildman–Crippen MR) is 320 cm³/mol. The van der Waals surface area contributed by atoms with Crippen LogP contribution in [0.2, 0.25) is 0 Å². The quantitative estimate of drug-likeness (QED) is 0.0261. The lowest BCUT2D eigenvalue weighted by atomic mass is 10.0. The minimum absolute atomic E-state index is 0.0922. The maximum Gasteiger partial charge on any atom is 0.306 e. The van der Waals surface area contributed by atoms with Gasteiger partial charge in [-0.15, -0.1) is 0 Å². The molecule has 0 aromatic carbocycles. The summed E-state index contributed by atoms with van der Waals surface area (Å²) in [5, 5.41) is 0. The summed E-state index contributed by atoms with van der Waals surface area (Å²) in [7, 11) is 0. The van der Waals surface area contributed by atoms with Crippen molar-refractivity contribution in [1.29, 1.82) is 0 Å². The third-order valence-electron chi connectivity index (χ3n) is 12.7. The van der Waals surface area contributed by atoms with Gasteiger partial charge in [0.15, 0.2) is 6.10 Å². The molecule has 1 unspecified atom stereocenters. The predicted octanol–water partition coefficient (Wildman–Crippen LogP) is 20.8. The van der Waals surface area contributed by atoms with Crippen LogP contribution in [0.3, 0.4) is 0 Å². The highest BCUT2D eigenvalue weighted by atomic mass is 16.6. The first-order chi connectivity index (χ1) is 36.5. The Morgan fingerprint density at radius 1 is 0.284 bits per heavy atom. The Kier molecular flexibility index (Phi) is 57.9. The highest BCUT2D eigenvalue weighted by molar-refractivity contribution is 5.71. The van der Waals surface area contributed by atoms with Crippen LogP contribution >= 0.6 is 0 Å². The van der Waals surface area contributed by atoms with E-state index in [1.807, 2.05) is 0 Å². The molecule has 420 valence electrons. The Morgan fingerprint density at radius 3 is 0.851 bits per heavy atom. The van der Waals surface area contributed by atoms with E-state index in [0.29, 0.717) is 19.3 Å². The topological polar surface area (TPSA) is 78.9 Å². The molecular weight excluding hydrogens is 913 g/mol. The first-order valence-corrected chi connectivity index (χ1v) is 30.5. The third kappa shape index (κ3) is 58.7. The van der Waals surface area contributed by atoms with Gasteiger partial charge in [0.2, 0.25) is 0 Å². The van der Waals surface area contributed by atoms with E-state index >= 15 is 0 Å². The van der Waals surface area contributed by atoms with E-state index in [2.05, 4.69) is 142 Å². The Balaban J connectivity index is 4.37. The number of allylic oxidation sites excluding steroid dienone is 20. The molecule has 0 radical (unpaired) electrons. The molecule has 0 aromatic rings. The minimum atomic E-state index is -0.798. The van der Waals surface area contributed by atoms with Gasteiger partial charge in [0.05, 0.1) is 0 Å². The molecule has 0 aliphatic rings. The van der Waals surface area contributed by atoms with Gasteiger partial charge in [0.1, 0.15) is 13.2 Å². The van der Waals surface area contributed by atoms with Crippen molar-refractivity contribution in [3.05, 3.63) is 122 Å². The fourth-order valence-corrected chi connectivity index (χ4v) is 8.13. The van der Waals surface area contributed by atoms with Crippen LogP contribution in [-0.2, 0) is 28.6 Å². The monoisotopic (exact) mass is 1020 g/mol. The highest BCUT2D eigenvalue weighted by Crippen LogP contribution is 2.15. The molecule has 1 atom stereocenters. The maximum absolute atomic E-state index is 12.9. The number of hydrogen-bond acceptors (Lipinski definition) is 6. The van der Waals surface area contributed by atoms with E-state index in [4.69, 9.17) is 14.2 Å². The second-order valence-electron chi connectivity index (χ2n) is 19.9. The molecule has 0 aliphatic carbocycles.